The lowest BCUT2D eigenvalue weighted by Gasteiger charge is -2.29. The third-order valence-corrected chi connectivity index (χ3v) is 8.51. The van der Waals surface area contributed by atoms with Gasteiger partial charge in [0.05, 0.1) is 23.7 Å². The number of para-hydroxylation sites is 3. The molecule has 5 aromatic rings. The van der Waals surface area contributed by atoms with E-state index in [1.54, 1.807) is 0 Å². The molecule has 2 aliphatic heterocycles. The average molecular weight is 563 g/mol. The number of benzene rings is 5. The molecule has 0 spiro atoms. The van der Waals surface area contributed by atoms with Crippen LogP contribution in [0, 0.1) is 0 Å². The fourth-order valence-corrected chi connectivity index (χ4v) is 6.21. The first-order chi connectivity index (χ1) is 20.9. The monoisotopic (exact) mass is 562 g/mol. The smallest absolute Gasteiger partial charge is 0.100 e. The summed E-state index contributed by atoms with van der Waals surface area (Å²) in [5.41, 5.74) is 12.3. The van der Waals surface area contributed by atoms with E-state index in [-0.39, 0.29) is 5.41 Å². The van der Waals surface area contributed by atoms with E-state index < -0.39 is 0 Å². The van der Waals surface area contributed by atoms with Crippen LogP contribution < -0.4 is 14.7 Å². The molecule has 0 saturated heterocycles. The molecule has 0 unspecified atom stereocenters. The van der Waals surface area contributed by atoms with E-state index in [2.05, 4.69) is 181 Å². The number of fused-ring (bicyclic) bond motifs is 1. The normalized spacial score (nSPS) is 14.5. The van der Waals surface area contributed by atoms with Gasteiger partial charge in [0.15, 0.2) is 0 Å². The maximum Gasteiger partial charge on any atom is 0.100 e. The lowest BCUT2D eigenvalue weighted by Crippen LogP contribution is -2.26. The summed E-state index contributed by atoms with van der Waals surface area (Å²) < 4.78 is 0. The Balaban J connectivity index is 1.40. The summed E-state index contributed by atoms with van der Waals surface area (Å²) >= 11 is 0. The highest BCUT2D eigenvalue weighted by molar-refractivity contribution is 5.98. The van der Waals surface area contributed by atoms with Crippen molar-refractivity contribution in [1.29, 1.82) is 0 Å². The fraction of sp³-hybridized carbons (Fsp3) is 0.179. The minimum Gasteiger partial charge on any atom is -0.361 e. The third kappa shape index (κ3) is 5.03. The van der Waals surface area contributed by atoms with Gasteiger partial charge in [-0.15, -0.1) is 0 Å². The van der Waals surface area contributed by atoms with Crippen LogP contribution in [0.1, 0.15) is 26.3 Å². The molecule has 0 atom stereocenters. The Morgan fingerprint density at radius 3 is 1.65 bits per heavy atom. The Labute approximate surface area is 255 Å². The molecule has 0 saturated carbocycles. The first-order valence-corrected chi connectivity index (χ1v) is 15.1. The number of rotatable bonds is 5. The van der Waals surface area contributed by atoms with Gasteiger partial charge in [-0.05, 0) is 52.4 Å². The molecule has 0 radical (unpaired) electrons. The molecule has 2 aliphatic rings. The van der Waals surface area contributed by atoms with Crippen molar-refractivity contribution in [3.8, 4) is 22.3 Å². The van der Waals surface area contributed by atoms with Gasteiger partial charge >= 0.3 is 0 Å². The Morgan fingerprint density at radius 2 is 1.09 bits per heavy atom. The molecule has 4 heteroatoms. The van der Waals surface area contributed by atoms with Crippen molar-refractivity contribution in [1.82, 2.24) is 4.90 Å². The van der Waals surface area contributed by atoms with E-state index in [0.717, 1.165) is 6.67 Å². The number of hydrogen-bond donors (Lipinski definition) is 0. The van der Waals surface area contributed by atoms with E-state index in [1.165, 1.54) is 56.3 Å². The Kier molecular flexibility index (Phi) is 6.70. The molecule has 0 amide bonds. The van der Waals surface area contributed by atoms with E-state index >= 15 is 0 Å². The molecular weight excluding hydrogens is 524 g/mol. The minimum absolute atomic E-state index is 0.0133. The van der Waals surface area contributed by atoms with Crippen LogP contribution in [-0.4, -0.2) is 25.3 Å². The van der Waals surface area contributed by atoms with Crippen LogP contribution in [0.5, 0.6) is 0 Å². The number of nitrogens with zero attached hydrogens (tertiary/aromatic N) is 4. The van der Waals surface area contributed by atoms with Gasteiger partial charge in [0.2, 0.25) is 0 Å². The molecule has 0 bridgehead atoms. The van der Waals surface area contributed by atoms with Gasteiger partial charge in [-0.3, -0.25) is 0 Å². The van der Waals surface area contributed by atoms with Crippen LogP contribution in [0.2, 0.25) is 0 Å². The van der Waals surface area contributed by atoms with Crippen molar-refractivity contribution in [3.63, 3.8) is 0 Å². The van der Waals surface area contributed by atoms with Crippen LogP contribution in [0.3, 0.4) is 0 Å². The van der Waals surface area contributed by atoms with Crippen LogP contribution in [-0.2, 0) is 5.41 Å². The van der Waals surface area contributed by atoms with E-state index in [1.807, 2.05) is 0 Å². The van der Waals surface area contributed by atoms with Gasteiger partial charge in [-0.25, -0.2) is 0 Å². The van der Waals surface area contributed by atoms with Crippen LogP contribution in [0.25, 0.3) is 22.3 Å². The van der Waals surface area contributed by atoms with Gasteiger partial charge < -0.3 is 19.6 Å². The van der Waals surface area contributed by atoms with Crippen LogP contribution in [0.15, 0.2) is 134 Å². The Bertz CT molecular complexity index is 1730. The standard InChI is InChI=1S/C39H38N4/c1-39(2,3)31-24-32(41-23-22-40(4)27-41)26-33(25-31)42-28-43(37-21-12-11-20-36(37)42)38-34(29-14-7-5-8-15-29)18-13-19-35(38)30-16-9-6-10-17-30/h5-26H,27-28H2,1-4H3. The first kappa shape index (κ1) is 26.9. The minimum atomic E-state index is 0.0133. The Morgan fingerprint density at radius 1 is 0.535 bits per heavy atom. The van der Waals surface area contributed by atoms with Crippen molar-refractivity contribution in [2.75, 3.05) is 35.1 Å². The van der Waals surface area contributed by atoms with Gasteiger partial charge in [0.25, 0.3) is 0 Å². The second-order valence-electron chi connectivity index (χ2n) is 12.6. The first-order valence-electron chi connectivity index (χ1n) is 15.1. The quantitative estimate of drug-likeness (QED) is 0.211. The molecule has 7 rings (SSSR count). The highest BCUT2D eigenvalue weighted by Gasteiger charge is 2.32. The van der Waals surface area contributed by atoms with E-state index in [4.69, 9.17) is 0 Å². The average Bonchev–Trinajstić information content (AvgIpc) is 3.65. The second kappa shape index (κ2) is 10.7. The predicted octanol–water partition coefficient (Wildman–Crippen LogP) is 9.75. The topological polar surface area (TPSA) is 13.0 Å². The van der Waals surface area contributed by atoms with Gasteiger partial charge in [0, 0.05) is 41.9 Å². The molecule has 0 aliphatic carbocycles. The van der Waals surface area contributed by atoms with Gasteiger partial charge in [-0.1, -0.05) is 112 Å². The molecule has 43 heavy (non-hydrogen) atoms. The maximum absolute atomic E-state index is 2.51. The van der Waals surface area contributed by atoms with E-state index in [0.29, 0.717) is 6.67 Å². The van der Waals surface area contributed by atoms with E-state index in [9.17, 15) is 0 Å². The summed E-state index contributed by atoms with van der Waals surface area (Å²) in [6.45, 7) is 8.46. The molecule has 0 fully saturated rings. The Hall–Kier alpha value is -4.96. The largest absolute Gasteiger partial charge is 0.361 e. The van der Waals surface area contributed by atoms with Crippen molar-refractivity contribution in [2.45, 2.75) is 26.2 Å². The summed E-state index contributed by atoms with van der Waals surface area (Å²) in [4.78, 5) is 9.53. The molecule has 214 valence electrons. The van der Waals surface area contributed by atoms with Crippen molar-refractivity contribution in [3.05, 3.63) is 139 Å². The number of hydrogen-bond acceptors (Lipinski definition) is 4. The van der Waals surface area contributed by atoms with Crippen LogP contribution in [0.4, 0.5) is 28.4 Å². The zero-order valence-electron chi connectivity index (χ0n) is 25.4. The van der Waals surface area contributed by atoms with Gasteiger partial charge in [0.1, 0.15) is 6.67 Å². The second-order valence-corrected chi connectivity index (χ2v) is 12.6. The summed E-state index contributed by atoms with van der Waals surface area (Å²) in [6.07, 6.45) is 4.32. The highest BCUT2D eigenvalue weighted by Crippen LogP contribution is 2.50. The molecule has 2 heterocycles. The SMILES string of the molecule is CN1C=CN(c2cc(N3CN(c4c(-c5ccccc5)cccc4-c4ccccc4)c4ccccc43)cc(C(C)(C)C)c2)C1. The fourth-order valence-electron chi connectivity index (χ4n) is 6.21. The molecule has 4 nitrogen and oxygen atoms in total. The lowest BCUT2D eigenvalue weighted by atomic mass is 9.86. The maximum atomic E-state index is 2.51. The van der Waals surface area contributed by atoms with Crippen LogP contribution >= 0.6 is 0 Å². The predicted molar refractivity (Wildman–Crippen MR) is 182 cm³/mol. The molecule has 0 N–H and O–H groups in total. The van der Waals surface area contributed by atoms with Crippen molar-refractivity contribution >= 4 is 28.4 Å². The highest BCUT2D eigenvalue weighted by atomic mass is 15.4. The number of anilines is 5. The summed E-state index contributed by atoms with van der Waals surface area (Å²) in [6, 6.07) is 44.2. The zero-order valence-corrected chi connectivity index (χ0v) is 25.4. The lowest BCUT2D eigenvalue weighted by molar-refractivity contribution is 0.495. The zero-order chi connectivity index (χ0) is 29.6. The molecule has 5 aromatic carbocycles. The van der Waals surface area contributed by atoms with Gasteiger partial charge in [-0.2, -0.15) is 0 Å². The van der Waals surface area contributed by atoms with Crippen molar-refractivity contribution < 1.29 is 0 Å². The molecule has 0 aromatic heterocycles. The third-order valence-electron chi connectivity index (χ3n) is 8.51. The molecular formula is C39H38N4. The summed E-state index contributed by atoms with van der Waals surface area (Å²) in [5.74, 6) is 0. The summed E-state index contributed by atoms with van der Waals surface area (Å²) in [5, 5.41) is 0. The van der Waals surface area contributed by atoms with Crippen molar-refractivity contribution in [2.24, 2.45) is 0 Å². The summed E-state index contributed by atoms with van der Waals surface area (Å²) in [7, 11) is 2.12.